The summed E-state index contributed by atoms with van der Waals surface area (Å²) in [5.74, 6) is 0.666. The predicted molar refractivity (Wildman–Crippen MR) is 291 cm³/mol. The van der Waals surface area contributed by atoms with Crippen LogP contribution in [0.3, 0.4) is 0 Å². The average Bonchev–Trinajstić information content (AvgIpc) is 3.89. The zero-order chi connectivity index (χ0) is 51.0. The number of nitrogens with zero attached hydrogens (tertiary/aromatic N) is 7. The van der Waals surface area contributed by atoms with E-state index >= 15 is 13.2 Å². The van der Waals surface area contributed by atoms with Crippen LogP contribution in [0.1, 0.15) is 11.1 Å². The molecule has 7 nitrogen and oxygen atoms in total. The average molecular weight is 974 g/mol. The van der Waals surface area contributed by atoms with E-state index in [-0.39, 0.29) is 22.5 Å². The number of benzene rings is 9. The minimum Gasteiger partial charge on any atom is -0.308 e. The van der Waals surface area contributed by atoms with E-state index in [2.05, 4.69) is 23.0 Å². The Bertz CT molecular complexity index is 3820. The second-order valence-electron chi connectivity index (χ2n) is 18.0. The summed E-state index contributed by atoms with van der Waals surface area (Å²) < 4.78 is 49.8. The van der Waals surface area contributed by atoms with E-state index in [0.29, 0.717) is 62.1 Å². The van der Waals surface area contributed by atoms with Crippen LogP contribution in [0.2, 0.25) is 0 Å². The van der Waals surface area contributed by atoms with Gasteiger partial charge in [0.05, 0.1) is 63.3 Å². The van der Waals surface area contributed by atoms with Crippen LogP contribution in [0.25, 0.3) is 122 Å². The molecule has 3 aromatic heterocycles. The van der Waals surface area contributed by atoms with Crippen molar-refractivity contribution in [3.05, 3.63) is 253 Å². The van der Waals surface area contributed by atoms with Crippen molar-refractivity contribution in [2.75, 3.05) is 0 Å². The van der Waals surface area contributed by atoms with Crippen LogP contribution in [0.15, 0.2) is 231 Å². The van der Waals surface area contributed by atoms with Crippen LogP contribution in [-0.2, 0) is 6.18 Å². The van der Waals surface area contributed by atoms with Crippen LogP contribution in [0.4, 0.5) is 18.9 Å². The van der Waals surface area contributed by atoms with E-state index in [0.717, 1.165) is 44.2 Å². The number of hydrogen-bond donors (Lipinski definition) is 0. The van der Waals surface area contributed by atoms with Gasteiger partial charge in [-0.05, 0) is 82.9 Å². The van der Waals surface area contributed by atoms with Crippen LogP contribution in [-0.4, -0.2) is 24.5 Å². The Morgan fingerprint density at radius 2 is 0.800 bits per heavy atom. The Kier molecular flexibility index (Phi) is 11.6. The molecule has 0 saturated heterocycles. The van der Waals surface area contributed by atoms with Gasteiger partial charge in [-0.15, -0.1) is 0 Å². The minimum absolute atomic E-state index is 0.187. The summed E-state index contributed by atoms with van der Waals surface area (Å²) in [6.07, 6.45) is -4.81. The van der Waals surface area contributed by atoms with Crippen LogP contribution in [0.5, 0.6) is 0 Å². The highest BCUT2D eigenvalue weighted by Gasteiger charge is 2.35. The van der Waals surface area contributed by atoms with Gasteiger partial charge in [0, 0.05) is 44.2 Å². The van der Waals surface area contributed by atoms with Crippen LogP contribution >= 0.6 is 0 Å². The van der Waals surface area contributed by atoms with E-state index in [1.54, 1.807) is 36.4 Å². The quantitative estimate of drug-likeness (QED) is 0.135. The van der Waals surface area contributed by atoms with E-state index < -0.39 is 11.7 Å². The molecule has 0 aliphatic heterocycles. The Hall–Kier alpha value is -10.3. The van der Waals surface area contributed by atoms with E-state index in [4.69, 9.17) is 26.5 Å². The molecule has 0 aliphatic carbocycles. The smallest absolute Gasteiger partial charge is 0.308 e. The first-order valence-corrected chi connectivity index (χ1v) is 24.0. The molecular formula is C65H38F3N7. The maximum atomic E-state index is 15.9. The van der Waals surface area contributed by atoms with Crippen molar-refractivity contribution in [3.63, 3.8) is 0 Å². The zero-order valence-electron chi connectivity index (χ0n) is 39.7. The Labute approximate surface area is 429 Å². The van der Waals surface area contributed by atoms with Gasteiger partial charge in [0.25, 0.3) is 0 Å². The SMILES string of the molecule is [C-]#[N+]c1ccc(-c2ccc3c(c2)c2cc(-c4ccc(C#N)cc4)ccc2n3-c2c(-c3cc(-c4ccccc4)nc(-c4ccccc4)n3)cc(C(F)(F)F)cc2-c2cc(-c3ccccc3)nc(-c3ccccc3)n2)cc1. The lowest BCUT2D eigenvalue weighted by Crippen LogP contribution is -2.10. The van der Waals surface area contributed by atoms with E-state index in [1.807, 2.05) is 174 Å². The maximum Gasteiger partial charge on any atom is 0.416 e. The number of halogens is 3. The molecule has 0 fully saturated rings. The minimum atomic E-state index is -4.81. The molecule has 0 saturated carbocycles. The van der Waals surface area contributed by atoms with Crippen molar-refractivity contribution < 1.29 is 13.2 Å². The normalized spacial score (nSPS) is 11.4. The molecule has 0 atom stereocenters. The van der Waals surface area contributed by atoms with Gasteiger partial charge in [-0.1, -0.05) is 170 Å². The van der Waals surface area contributed by atoms with Crippen molar-refractivity contribution >= 4 is 27.5 Å². The first-order valence-electron chi connectivity index (χ1n) is 24.0. The standard InChI is InChI=1S/C65H38F3N7/c1-70-51-30-26-43(27-31-51)49-29-33-61-53(35-49)52-34-48(42-24-22-41(40-69)23-25-42)28-32-60(52)75(61)62-54(58-38-56(44-14-6-2-7-15-44)71-63(73-58)46-18-10-4-11-19-46)36-50(65(66,67)68)37-55(62)59-39-57(45-16-8-3-9-17-45)72-64(74-59)47-20-12-5-13-21-47/h2-39H. The third-order valence-electron chi connectivity index (χ3n) is 13.3. The first-order chi connectivity index (χ1) is 36.7. The summed E-state index contributed by atoms with van der Waals surface area (Å²) in [6.45, 7) is 7.57. The summed E-state index contributed by atoms with van der Waals surface area (Å²) in [6, 6.07) is 72.9. The number of alkyl halides is 3. The van der Waals surface area contributed by atoms with Gasteiger partial charge >= 0.3 is 6.18 Å². The Balaban J connectivity index is 1.24. The lowest BCUT2D eigenvalue weighted by Gasteiger charge is -2.22. The van der Waals surface area contributed by atoms with Crippen LogP contribution < -0.4 is 0 Å². The molecule has 12 aromatic rings. The Morgan fingerprint density at radius 3 is 1.20 bits per heavy atom. The fourth-order valence-corrected chi connectivity index (χ4v) is 9.64. The third kappa shape index (κ3) is 8.84. The molecular weight excluding hydrogens is 936 g/mol. The highest BCUT2D eigenvalue weighted by molar-refractivity contribution is 6.13. The molecule has 12 rings (SSSR count). The van der Waals surface area contributed by atoms with Crippen molar-refractivity contribution in [3.8, 4) is 102 Å². The lowest BCUT2D eigenvalue weighted by molar-refractivity contribution is -0.137. The van der Waals surface area contributed by atoms with Crippen molar-refractivity contribution in [1.29, 1.82) is 5.26 Å². The second-order valence-corrected chi connectivity index (χ2v) is 18.0. The third-order valence-corrected chi connectivity index (χ3v) is 13.3. The van der Waals surface area contributed by atoms with Crippen molar-refractivity contribution in [1.82, 2.24) is 24.5 Å². The highest BCUT2D eigenvalue weighted by Crippen LogP contribution is 2.47. The lowest BCUT2D eigenvalue weighted by atomic mass is 9.95. The number of rotatable bonds is 9. The molecule has 0 amide bonds. The maximum absolute atomic E-state index is 15.9. The molecule has 0 bridgehead atoms. The fourth-order valence-electron chi connectivity index (χ4n) is 9.64. The largest absolute Gasteiger partial charge is 0.416 e. The number of nitriles is 1. The Morgan fingerprint density at radius 1 is 0.413 bits per heavy atom. The van der Waals surface area contributed by atoms with Gasteiger partial charge in [0.1, 0.15) is 0 Å². The van der Waals surface area contributed by atoms with Gasteiger partial charge in [-0.25, -0.2) is 24.8 Å². The van der Waals surface area contributed by atoms with Gasteiger partial charge in [0.2, 0.25) is 0 Å². The van der Waals surface area contributed by atoms with Crippen molar-refractivity contribution in [2.24, 2.45) is 0 Å². The molecule has 10 heteroatoms. The molecule has 0 aliphatic rings. The molecule has 75 heavy (non-hydrogen) atoms. The summed E-state index contributed by atoms with van der Waals surface area (Å²) in [5, 5.41) is 11.3. The van der Waals surface area contributed by atoms with Gasteiger partial charge in [0.15, 0.2) is 17.3 Å². The highest BCUT2D eigenvalue weighted by atomic mass is 19.4. The summed E-state index contributed by atoms with van der Waals surface area (Å²) in [4.78, 5) is 24.0. The van der Waals surface area contributed by atoms with E-state index in [1.165, 1.54) is 12.1 Å². The molecule has 354 valence electrons. The summed E-state index contributed by atoms with van der Waals surface area (Å²) in [7, 11) is 0. The fraction of sp³-hybridized carbons (Fsp3) is 0.0154. The van der Waals surface area contributed by atoms with Gasteiger partial charge in [-0.2, -0.15) is 18.4 Å². The van der Waals surface area contributed by atoms with Crippen molar-refractivity contribution in [2.45, 2.75) is 6.18 Å². The first kappa shape index (κ1) is 45.8. The van der Waals surface area contributed by atoms with E-state index in [9.17, 15) is 5.26 Å². The van der Waals surface area contributed by atoms with Crippen LogP contribution in [0, 0.1) is 17.9 Å². The molecule has 3 heterocycles. The zero-order valence-corrected chi connectivity index (χ0v) is 39.7. The number of aromatic nitrogens is 5. The van der Waals surface area contributed by atoms with Gasteiger partial charge in [-0.3, -0.25) is 0 Å². The van der Waals surface area contributed by atoms with Gasteiger partial charge < -0.3 is 4.57 Å². The molecule has 9 aromatic carbocycles. The topological polar surface area (TPSA) is 84.6 Å². The summed E-state index contributed by atoms with van der Waals surface area (Å²) >= 11 is 0. The summed E-state index contributed by atoms with van der Waals surface area (Å²) in [5.41, 5.74) is 10.3. The molecule has 0 unspecified atom stereocenters. The molecule has 0 N–H and O–H groups in total. The molecule has 0 spiro atoms. The monoisotopic (exact) mass is 973 g/mol. The number of hydrogen-bond acceptors (Lipinski definition) is 5. The predicted octanol–water partition coefficient (Wildman–Crippen LogP) is 17.1. The molecule has 0 radical (unpaired) electrons. The number of fused-ring (bicyclic) bond motifs is 3. The second kappa shape index (κ2) is 19.0.